The van der Waals surface area contributed by atoms with Crippen LogP contribution in [0.15, 0.2) is 40.9 Å². The first kappa shape index (κ1) is 12.8. The molecule has 0 fully saturated rings. The molecule has 1 atom stereocenters. The molecule has 0 aromatic heterocycles. The molecule has 0 bridgehead atoms. The zero-order chi connectivity index (χ0) is 13.6. The molecule has 0 aliphatic heterocycles. The van der Waals surface area contributed by atoms with Crippen molar-refractivity contribution in [3.8, 4) is 0 Å². The number of fused-ring (bicyclic) bond motifs is 1. The molecule has 0 saturated carbocycles. The second-order valence-corrected chi connectivity index (χ2v) is 5.83. The highest BCUT2D eigenvalue weighted by molar-refractivity contribution is 9.10. The molecular formula is C15H9BrClFO. The lowest BCUT2D eigenvalue weighted by Gasteiger charge is -2.29. The molecule has 2 aromatic rings. The number of Topliss-reactive ketones (excluding diaryl/α,β-unsaturated/α-hetero) is 1. The van der Waals surface area contributed by atoms with Crippen molar-refractivity contribution in [1.29, 1.82) is 0 Å². The first-order chi connectivity index (χ1) is 9.08. The zero-order valence-electron chi connectivity index (χ0n) is 9.79. The maximum Gasteiger partial charge on any atom is 0.173 e. The Morgan fingerprint density at radius 2 is 2.05 bits per heavy atom. The van der Waals surface area contributed by atoms with E-state index in [9.17, 15) is 9.18 Å². The van der Waals surface area contributed by atoms with Crippen LogP contribution in [0.5, 0.6) is 0 Å². The summed E-state index contributed by atoms with van der Waals surface area (Å²) in [6, 6.07) is 10.4. The number of carbonyl (C=O) groups is 1. The summed E-state index contributed by atoms with van der Waals surface area (Å²) in [6.07, 6.45) is 0.669. The fourth-order valence-electron chi connectivity index (χ4n) is 2.39. The molecule has 0 radical (unpaired) electrons. The largest absolute Gasteiger partial charge is 0.293 e. The van der Waals surface area contributed by atoms with Gasteiger partial charge in [-0.2, -0.15) is 0 Å². The Balaban J connectivity index is 1.97. The van der Waals surface area contributed by atoms with Gasteiger partial charge in [-0.25, -0.2) is 4.39 Å². The second-order valence-electron chi connectivity index (χ2n) is 4.57. The fourth-order valence-corrected chi connectivity index (χ4v) is 2.87. The number of ketones is 1. The summed E-state index contributed by atoms with van der Waals surface area (Å²) in [6.45, 7) is 0. The van der Waals surface area contributed by atoms with E-state index in [2.05, 4.69) is 15.9 Å². The average molecular weight is 340 g/mol. The Labute approximate surface area is 123 Å². The van der Waals surface area contributed by atoms with Gasteiger partial charge < -0.3 is 0 Å². The molecule has 1 unspecified atom stereocenters. The van der Waals surface area contributed by atoms with Gasteiger partial charge in [-0.1, -0.05) is 35.9 Å². The van der Waals surface area contributed by atoms with Crippen molar-refractivity contribution >= 4 is 33.3 Å². The lowest BCUT2D eigenvalue weighted by molar-refractivity contribution is 0.0945. The van der Waals surface area contributed by atoms with Crippen LogP contribution in [0.3, 0.4) is 0 Å². The van der Waals surface area contributed by atoms with Crippen LogP contribution >= 0.6 is 27.5 Å². The van der Waals surface area contributed by atoms with Crippen molar-refractivity contribution in [1.82, 2.24) is 0 Å². The molecule has 0 spiro atoms. The van der Waals surface area contributed by atoms with E-state index in [-0.39, 0.29) is 17.3 Å². The van der Waals surface area contributed by atoms with Gasteiger partial charge in [0.15, 0.2) is 5.78 Å². The van der Waals surface area contributed by atoms with Gasteiger partial charge in [0.05, 0.1) is 16.5 Å². The van der Waals surface area contributed by atoms with Gasteiger partial charge in [0.25, 0.3) is 0 Å². The number of hydrogen-bond acceptors (Lipinski definition) is 1. The van der Waals surface area contributed by atoms with Crippen LogP contribution in [0.4, 0.5) is 4.39 Å². The van der Waals surface area contributed by atoms with Gasteiger partial charge in [-0.05, 0) is 45.6 Å². The van der Waals surface area contributed by atoms with E-state index < -0.39 is 5.82 Å². The first-order valence-corrected chi connectivity index (χ1v) is 7.01. The van der Waals surface area contributed by atoms with E-state index in [0.29, 0.717) is 15.9 Å². The molecule has 3 rings (SSSR count). The summed E-state index contributed by atoms with van der Waals surface area (Å²) in [7, 11) is 0. The highest BCUT2D eigenvalue weighted by Gasteiger charge is 2.33. The molecule has 4 heteroatoms. The predicted molar refractivity (Wildman–Crippen MR) is 76.3 cm³/mol. The van der Waals surface area contributed by atoms with Crippen molar-refractivity contribution in [2.24, 2.45) is 0 Å². The predicted octanol–water partition coefficient (Wildman–Crippen LogP) is 4.76. The topological polar surface area (TPSA) is 17.1 Å². The van der Waals surface area contributed by atoms with Crippen LogP contribution in [0.1, 0.15) is 27.4 Å². The Kier molecular flexibility index (Phi) is 3.19. The van der Waals surface area contributed by atoms with E-state index in [1.165, 1.54) is 12.1 Å². The van der Waals surface area contributed by atoms with Crippen molar-refractivity contribution in [3.05, 3.63) is 68.4 Å². The van der Waals surface area contributed by atoms with E-state index >= 15 is 0 Å². The van der Waals surface area contributed by atoms with Crippen LogP contribution in [-0.2, 0) is 6.42 Å². The van der Waals surface area contributed by atoms with Crippen molar-refractivity contribution < 1.29 is 9.18 Å². The molecule has 96 valence electrons. The summed E-state index contributed by atoms with van der Waals surface area (Å²) >= 11 is 9.07. The lowest BCUT2D eigenvalue weighted by Crippen LogP contribution is -2.25. The van der Waals surface area contributed by atoms with Crippen LogP contribution < -0.4 is 0 Å². The molecule has 0 saturated heterocycles. The van der Waals surface area contributed by atoms with Gasteiger partial charge in [-0.3, -0.25) is 4.79 Å². The Hall–Kier alpha value is -1.19. The number of halogens is 3. The van der Waals surface area contributed by atoms with Gasteiger partial charge >= 0.3 is 0 Å². The summed E-state index contributed by atoms with van der Waals surface area (Å²) in [5.74, 6) is -0.987. The van der Waals surface area contributed by atoms with Crippen LogP contribution in [0.25, 0.3) is 0 Å². The Bertz CT molecular complexity index is 684. The number of benzene rings is 2. The first-order valence-electron chi connectivity index (χ1n) is 5.84. The third-order valence-corrected chi connectivity index (χ3v) is 4.64. The van der Waals surface area contributed by atoms with Gasteiger partial charge in [-0.15, -0.1) is 0 Å². The normalized spacial score (nSPS) is 16.7. The van der Waals surface area contributed by atoms with Gasteiger partial charge in [0.2, 0.25) is 0 Å². The summed E-state index contributed by atoms with van der Waals surface area (Å²) in [4.78, 5) is 12.4. The third-order valence-electron chi connectivity index (χ3n) is 3.45. The highest BCUT2D eigenvalue weighted by Crippen LogP contribution is 2.38. The van der Waals surface area contributed by atoms with E-state index in [0.717, 1.165) is 11.1 Å². The molecule has 2 aromatic carbocycles. The van der Waals surface area contributed by atoms with Crippen LogP contribution in [0.2, 0.25) is 5.02 Å². The molecule has 0 heterocycles. The number of hydrogen-bond donors (Lipinski definition) is 0. The van der Waals surface area contributed by atoms with Crippen LogP contribution in [-0.4, -0.2) is 5.78 Å². The molecule has 0 amide bonds. The van der Waals surface area contributed by atoms with Gasteiger partial charge in [0, 0.05) is 4.47 Å². The van der Waals surface area contributed by atoms with E-state index in [4.69, 9.17) is 11.6 Å². The van der Waals surface area contributed by atoms with Crippen molar-refractivity contribution in [2.45, 2.75) is 12.3 Å². The molecular weight excluding hydrogens is 331 g/mol. The lowest BCUT2D eigenvalue weighted by atomic mass is 9.74. The minimum Gasteiger partial charge on any atom is -0.293 e. The third kappa shape index (κ3) is 2.11. The summed E-state index contributed by atoms with van der Waals surface area (Å²) in [5.41, 5.74) is 2.21. The van der Waals surface area contributed by atoms with E-state index in [1.54, 1.807) is 0 Å². The Morgan fingerprint density at radius 1 is 1.32 bits per heavy atom. The second kappa shape index (κ2) is 4.73. The molecule has 1 aliphatic rings. The Morgan fingerprint density at radius 3 is 2.79 bits per heavy atom. The maximum atomic E-state index is 13.9. The number of rotatable bonds is 2. The van der Waals surface area contributed by atoms with E-state index in [1.807, 2.05) is 24.3 Å². The van der Waals surface area contributed by atoms with Crippen molar-refractivity contribution in [3.63, 3.8) is 0 Å². The van der Waals surface area contributed by atoms with Gasteiger partial charge in [0.1, 0.15) is 5.82 Å². The molecule has 1 aliphatic carbocycles. The smallest absolute Gasteiger partial charge is 0.173 e. The summed E-state index contributed by atoms with van der Waals surface area (Å²) < 4.78 is 14.3. The zero-order valence-corrected chi connectivity index (χ0v) is 12.1. The monoisotopic (exact) mass is 338 g/mol. The SMILES string of the molecule is O=C(c1cc(Cl)c(Br)cc1F)C1Cc2ccccc21. The average Bonchev–Trinajstić information content (AvgIpc) is 2.35. The molecule has 0 N–H and O–H groups in total. The maximum absolute atomic E-state index is 13.9. The fraction of sp³-hybridized carbons (Fsp3) is 0.133. The quantitative estimate of drug-likeness (QED) is 0.569. The van der Waals surface area contributed by atoms with Crippen molar-refractivity contribution in [2.75, 3.05) is 0 Å². The minimum absolute atomic E-state index is 0.0627. The minimum atomic E-state index is -0.536. The molecule has 1 nitrogen and oxygen atoms in total. The highest BCUT2D eigenvalue weighted by atomic mass is 79.9. The standard InChI is InChI=1S/C15H9BrClFO/c16-12-7-14(18)11(6-13(12)17)15(19)10-5-8-3-1-2-4-9(8)10/h1-4,6-7,10H,5H2. The van der Waals surface area contributed by atoms with Crippen LogP contribution in [0, 0.1) is 5.82 Å². The summed E-state index contributed by atoms with van der Waals surface area (Å²) in [5, 5.41) is 0.345. The molecule has 19 heavy (non-hydrogen) atoms. The number of carbonyl (C=O) groups excluding carboxylic acids is 1.